The van der Waals surface area contributed by atoms with Gasteiger partial charge < -0.3 is 24.6 Å². The number of halogens is 1. The maximum absolute atomic E-state index is 12.6. The van der Waals surface area contributed by atoms with Crippen molar-refractivity contribution in [1.29, 1.82) is 0 Å². The van der Waals surface area contributed by atoms with Crippen molar-refractivity contribution in [2.45, 2.75) is 0 Å². The quantitative estimate of drug-likeness (QED) is 0.666. The highest BCUT2D eigenvalue weighted by molar-refractivity contribution is 9.10. The summed E-state index contributed by atoms with van der Waals surface area (Å²) in [6.45, 7) is 0.318. The zero-order valence-corrected chi connectivity index (χ0v) is 17.6. The van der Waals surface area contributed by atoms with Gasteiger partial charge in [0.2, 0.25) is 5.91 Å². The van der Waals surface area contributed by atoms with Gasteiger partial charge in [-0.05, 0) is 36.4 Å². The number of nitrogens with one attached hydrogen (secondary N) is 1. The maximum Gasteiger partial charge on any atom is 0.316 e. The van der Waals surface area contributed by atoms with Gasteiger partial charge in [0.1, 0.15) is 6.54 Å². The Morgan fingerprint density at radius 1 is 1.00 bits per heavy atom. The first-order valence-electron chi connectivity index (χ1n) is 8.81. The minimum atomic E-state index is -0.725. The van der Waals surface area contributed by atoms with Gasteiger partial charge in [-0.1, -0.05) is 15.9 Å². The Bertz CT molecular complexity index is 932. The van der Waals surface area contributed by atoms with Crippen LogP contribution in [0.4, 0.5) is 11.4 Å². The number of carbonyl (C=O) groups is 3. The number of anilines is 2. The van der Waals surface area contributed by atoms with Gasteiger partial charge in [-0.25, -0.2) is 0 Å². The molecule has 0 aromatic heterocycles. The van der Waals surface area contributed by atoms with Crippen molar-refractivity contribution in [2.24, 2.45) is 0 Å². The molecular formula is C20H20BrN3O5. The summed E-state index contributed by atoms with van der Waals surface area (Å²) >= 11 is 3.33. The lowest BCUT2D eigenvalue weighted by Gasteiger charge is -2.33. The van der Waals surface area contributed by atoms with Crippen LogP contribution in [0.5, 0.6) is 11.5 Å². The van der Waals surface area contributed by atoms with Gasteiger partial charge in [0.05, 0.1) is 14.2 Å². The van der Waals surface area contributed by atoms with E-state index >= 15 is 0 Å². The summed E-state index contributed by atoms with van der Waals surface area (Å²) < 4.78 is 11.3. The lowest BCUT2D eigenvalue weighted by molar-refractivity contribution is -0.147. The van der Waals surface area contributed by atoms with Crippen LogP contribution in [0.1, 0.15) is 0 Å². The monoisotopic (exact) mass is 461 g/mol. The zero-order chi connectivity index (χ0) is 21.0. The molecule has 1 fully saturated rings. The third-order valence-electron chi connectivity index (χ3n) is 4.45. The lowest BCUT2D eigenvalue weighted by atomic mass is 10.2. The highest BCUT2D eigenvalue weighted by Gasteiger charge is 2.34. The normalized spacial score (nSPS) is 14.0. The van der Waals surface area contributed by atoms with Crippen LogP contribution in [-0.2, 0) is 14.4 Å². The Hall–Kier alpha value is -3.07. The van der Waals surface area contributed by atoms with Crippen LogP contribution >= 0.6 is 15.9 Å². The Balaban J connectivity index is 1.65. The minimum Gasteiger partial charge on any atom is -0.493 e. The summed E-state index contributed by atoms with van der Waals surface area (Å²) in [5.41, 5.74) is 1.14. The van der Waals surface area contributed by atoms with Crippen molar-refractivity contribution in [2.75, 3.05) is 44.1 Å². The molecule has 0 aliphatic carbocycles. The van der Waals surface area contributed by atoms with Crippen LogP contribution in [0.25, 0.3) is 0 Å². The van der Waals surface area contributed by atoms with Crippen LogP contribution in [0.3, 0.4) is 0 Å². The van der Waals surface area contributed by atoms with E-state index in [-0.39, 0.29) is 25.5 Å². The highest BCUT2D eigenvalue weighted by Crippen LogP contribution is 2.32. The van der Waals surface area contributed by atoms with Crippen molar-refractivity contribution >= 4 is 45.0 Å². The predicted octanol–water partition coefficient (Wildman–Crippen LogP) is 2.28. The molecule has 1 N–H and O–H groups in total. The summed E-state index contributed by atoms with van der Waals surface area (Å²) in [5.74, 6) is -0.801. The van der Waals surface area contributed by atoms with Crippen molar-refractivity contribution < 1.29 is 23.9 Å². The maximum atomic E-state index is 12.6. The summed E-state index contributed by atoms with van der Waals surface area (Å²) in [6, 6.07) is 12.1. The first-order chi connectivity index (χ1) is 13.9. The number of methoxy groups -OCH3 is 2. The molecule has 0 saturated carbocycles. The molecule has 2 aromatic rings. The van der Waals surface area contributed by atoms with Gasteiger partial charge in [0.25, 0.3) is 0 Å². The van der Waals surface area contributed by atoms with E-state index in [1.807, 2.05) is 0 Å². The van der Waals surface area contributed by atoms with Crippen molar-refractivity contribution in [3.8, 4) is 11.5 Å². The smallest absolute Gasteiger partial charge is 0.316 e. The molecule has 1 aliphatic heterocycles. The number of rotatable bonds is 6. The molecule has 3 amide bonds. The molecule has 0 atom stereocenters. The molecule has 8 nitrogen and oxygen atoms in total. The highest BCUT2D eigenvalue weighted by atomic mass is 79.9. The second kappa shape index (κ2) is 8.95. The van der Waals surface area contributed by atoms with E-state index in [2.05, 4.69) is 21.2 Å². The molecule has 0 spiro atoms. The fourth-order valence-corrected chi connectivity index (χ4v) is 3.24. The SMILES string of the molecule is COc1ccc(N2CCN(CC(=O)Nc3ccc(Br)cc3)C(=O)C2=O)cc1OC. The Morgan fingerprint density at radius 3 is 2.34 bits per heavy atom. The molecule has 29 heavy (non-hydrogen) atoms. The molecule has 2 aromatic carbocycles. The summed E-state index contributed by atoms with van der Waals surface area (Å²) in [5, 5.41) is 2.71. The Morgan fingerprint density at radius 2 is 1.69 bits per heavy atom. The second-order valence-corrected chi connectivity index (χ2v) is 7.19. The fraction of sp³-hybridized carbons (Fsp3) is 0.250. The molecule has 1 aliphatic rings. The third kappa shape index (κ3) is 4.68. The second-order valence-electron chi connectivity index (χ2n) is 6.28. The molecule has 1 saturated heterocycles. The number of hydrogen-bond donors (Lipinski definition) is 1. The number of carbonyl (C=O) groups excluding carboxylic acids is 3. The van der Waals surface area contributed by atoms with Gasteiger partial charge in [-0.3, -0.25) is 14.4 Å². The summed E-state index contributed by atoms with van der Waals surface area (Å²) in [4.78, 5) is 40.0. The number of hydrogen-bond acceptors (Lipinski definition) is 5. The van der Waals surface area contributed by atoms with Crippen LogP contribution in [0, 0.1) is 0 Å². The van der Waals surface area contributed by atoms with Crippen LogP contribution in [0.2, 0.25) is 0 Å². The zero-order valence-electron chi connectivity index (χ0n) is 16.0. The number of amides is 3. The van der Waals surface area contributed by atoms with E-state index in [4.69, 9.17) is 9.47 Å². The lowest BCUT2D eigenvalue weighted by Crippen LogP contribution is -2.56. The number of ether oxygens (including phenoxy) is 2. The third-order valence-corrected chi connectivity index (χ3v) is 4.98. The number of nitrogens with zero attached hydrogens (tertiary/aromatic N) is 2. The van der Waals surface area contributed by atoms with Crippen molar-refractivity contribution in [3.05, 3.63) is 46.9 Å². The Kier molecular flexibility index (Phi) is 6.38. The van der Waals surface area contributed by atoms with Gasteiger partial charge in [0, 0.05) is 35.0 Å². The number of piperazine rings is 1. The van der Waals surface area contributed by atoms with Crippen molar-refractivity contribution in [1.82, 2.24) is 4.90 Å². The molecule has 3 rings (SSSR count). The van der Waals surface area contributed by atoms with Crippen LogP contribution < -0.4 is 19.7 Å². The van der Waals surface area contributed by atoms with E-state index in [0.29, 0.717) is 22.9 Å². The minimum absolute atomic E-state index is 0.194. The van der Waals surface area contributed by atoms with Gasteiger partial charge in [0.15, 0.2) is 11.5 Å². The fourth-order valence-electron chi connectivity index (χ4n) is 2.97. The van der Waals surface area contributed by atoms with E-state index < -0.39 is 11.8 Å². The standard InChI is InChI=1S/C20H20BrN3O5/c1-28-16-8-7-15(11-17(16)29-2)24-10-9-23(19(26)20(24)27)12-18(25)22-14-5-3-13(21)4-6-14/h3-8,11H,9-10,12H2,1-2H3,(H,22,25). The van der Waals surface area contributed by atoms with Crippen LogP contribution in [0.15, 0.2) is 46.9 Å². The van der Waals surface area contributed by atoms with Crippen molar-refractivity contribution in [3.63, 3.8) is 0 Å². The molecular weight excluding hydrogens is 442 g/mol. The van der Waals surface area contributed by atoms with Gasteiger partial charge in [-0.2, -0.15) is 0 Å². The summed E-state index contributed by atoms with van der Waals surface area (Å²) in [6.07, 6.45) is 0. The molecule has 1 heterocycles. The van der Waals surface area contributed by atoms with E-state index in [1.165, 1.54) is 24.0 Å². The average Bonchev–Trinajstić information content (AvgIpc) is 2.72. The molecule has 152 valence electrons. The first-order valence-corrected chi connectivity index (χ1v) is 9.60. The molecule has 9 heteroatoms. The van der Waals surface area contributed by atoms with E-state index in [0.717, 1.165) is 4.47 Å². The van der Waals surface area contributed by atoms with E-state index in [9.17, 15) is 14.4 Å². The summed E-state index contributed by atoms with van der Waals surface area (Å²) in [7, 11) is 3.01. The largest absolute Gasteiger partial charge is 0.493 e. The first kappa shape index (κ1) is 20.7. The van der Waals surface area contributed by atoms with Gasteiger partial charge in [-0.15, -0.1) is 0 Å². The van der Waals surface area contributed by atoms with Gasteiger partial charge >= 0.3 is 11.8 Å². The topological polar surface area (TPSA) is 88.2 Å². The average molecular weight is 462 g/mol. The van der Waals surface area contributed by atoms with Crippen LogP contribution in [-0.4, -0.2) is 56.5 Å². The molecule has 0 radical (unpaired) electrons. The van der Waals surface area contributed by atoms with E-state index in [1.54, 1.807) is 42.5 Å². The molecule has 0 bridgehead atoms. The predicted molar refractivity (Wildman–Crippen MR) is 111 cm³/mol. The Labute approximate surface area is 176 Å². The molecule has 0 unspecified atom stereocenters. The number of benzene rings is 2.